The van der Waals surface area contributed by atoms with Gasteiger partial charge in [0.15, 0.2) is 18.9 Å². The number of carbonyl (C=O) groups excluding carboxylic acids is 1. The molecule has 18 heavy (non-hydrogen) atoms. The van der Waals surface area contributed by atoms with Crippen molar-refractivity contribution in [1.29, 1.82) is 0 Å². The SMILES string of the molecule is Cc1cc[n+](CCC(=O)N2CCN(C)CC2)cc1. The molecular formula is C14H22N3O+. The maximum Gasteiger partial charge on any atom is 0.229 e. The molecule has 0 unspecified atom stereocenters. The molecule has 0 aromatic carbocycles. The van der Waals surface area contributed by atoms with Crippen molar-refractivity contribution in [2.45, 2.75) is 19.9 Å². The molecule has 1 aliphatic rings. The van der Waals surface area contributed by atoms with Crippen LogP contribution < -0.4 is 4.57 Å². The lowest BCUT2D eigenvalue weighted by Gasteiger charge is -2.32. The molecule has 0 saturated carbocycles. The van der Waals surface area contributed by atoms with Gasteiger partial charge in [0.05, 0.1) is 6.42 Å². The Kier molecular flexibility index (Phi) is 4.31. The summed E-state index contributed by atoms with van der Waals surface area (Å²) in [5.74, 6) is 0.274. The number of hydrogen-bond donors (Lipinski definition) is 0. The van der Waals surface area contributed by atoms with Gasteiger partial charge in [-0.05, 0) is 19.5 Å². The number of hydrogen-bond acceptors (Lipinski definition) is 2. The van der Waals surface area contributed by atoms with E-state index < -0.39 is 0 Å². The number of carbonyl (C=O) groups is 1. The summed E-state index contributed by atoms with van der Waals surface area (Å²) < 4.78 is 2.07. The summed E-state index contributed by atoms with van der Waals surface area (Å²) in [6.07, 6.45) is 4.66. The summed E-state index contributed by atoms with van der Waals surface area (Å²) in [6, 6.07) is 4.14. The van der Waals surface area contributed by atoms with Crippen molar-refractivity contribution >= 4 is 5.91 Å². The average Bonchev–Trinajstić information content (AvgIpc) is 2.38. The quantitative estimate of drug-likeness (QED) is 0.726. The van der Waals surface area contributed by atoms with Gasteiger partial charge in [-0.15, -0.1) is 0 Å². The van der Waals surface area contributed by atoms with E-state index >= 15 is 0 Å². The number of piperazine rings is 1. The highest BCUT2D eigenvalue weighted by molar-refractivity contribution is 5.76. The largest absolute Gasteiger partial charge is 0.340 e. The van der Waals surface area contributed by atoms with Crippen molar-refractivity contribution in [2.75, 3.05) is 33.2 Å². The third-order valence-corrected chi connectivity index (χ3v) is 3.50. The summed E-state index contributed by atoms with van der Waals surface area (Å²) >= 11 is 0. The Hall–Kier alpha value is -1.42. The molecule has 4 heteroatoms. The van der Waals surface area contributed by atoms with Crippen molar-refractivity contribution in [3.63, 3.8) is 0 Å². The zero-order chi connectivity index (χ0) is 13.0. The van der Waals surface area contributed by atoms with E-state index in [1.54, 1.807) is 0 Å². The Morgan fingerprint density at radius 3 is 2.44 bits per heavy atom. The second-order valence-corrected chi connectivity index (χ2v) is 5.05. The molecule has 98 valence electrons. The van der Waals surface area contributed by atoms with Crippen LogP contribution >= 0.6 is 0 Å². The summed E-state index contributed by atoms with van der Waals surface area (Å²) in [5.41, 5.74) is 1.25. The van der Waals surface area contributed by atoms with Crippen molar-refractivity contribution in [2.24, 2.45) is 0 Å². The molecule has 0 radical (unpaired) electrons. The van der Waals surface area contributed by atoms with E-state index in [1.807, 2.05) is 17.3 Å². The third kappa shape index (κ3) is 3.53. The Balaban J connectivity index is 1.79. The van der Waals surface area contributed by atoms with Crippen molar-refractivity contribution in [1.82, 2.24) is 9.80 Å². The first kappa shape index (κ1) is 13.0. The molecule has 0 aliphatic carbocycles. The van der Waals surface area contributed by atoms with Gasteiger partial charge >= 0.3 is 0 Å². The molecule has 0 spiro atoms. The number of likely N-dealkylation sites (N-methyl/N-ethyl adjacent to an activating group) is 1. The zero-order valence-corrected chi connectivity index (χ0v) is 11.3. The maximum absolute atomic E-state index is 12.0. The highest BCUT2D eigenvalue weighted by Crippen LogP contribution is 2.01. The third-order valence-electron chi connectivity index (χ3n) is 3.50. The monoisotopic (exact) mass is 248 g/mol. The van der Waals surface area contributed by atoms with E-state index in [2.05, 4.69) is 35.6 Å². The molecule has 1 aromatic rings. The van der Waals surface area contributed by atoms with E-state index in [1.165, 1.54) is 5.56 Å². The number of amides is 1. The number of rotatable bonds is 3. The molecule has 1 aromatic heterocycles. The fraction of sp³-hybridized carbons (Fsp3) is 0.571. The molecule has 1 saturated heterocycles. The van der Waals surface area contributed by atoms with Gasteiger partial charge in [-0.1, -0.05) is 0 Å². The standard InChI is InChI=1S/C14H22N3O/c1-13-3-6-16(7-4-13)8-5-14(18)17-11-9-15(2)10-12-17/h3-4,6-7H,5,8-12H2,1-2H3/q+1. The Morgan fingerprint density at radius 2 is 1.83 bits per heavy atom. The van der Waals surface area contributed by atoms with Crippen LogP contribution in [0.5, 0.6) is 0 Å². The molecule has 0 N–H and O–H groups in total. The van der Waals surface area contributed by atoms with Crippen LogP contribution in [0.4, 0.5) is 0 Å². The highest BCUT2D eigenvalue weighted by Gasteiger charge is 2.19. The maximum atomic E-state index is 12.0. The Labute approximate surface area is 109 Å². The van der Waals surface area contributed by atoms with Gasteiger partial charge in [-0.25, -0.2) is 4.57 Å². The van der Waals surface area contributed by atoms with Crippen LogP contribution in [0.1, 0.15) is 12.0 Å². The summed E-state index contributed by atoms with van der Waals surface area (Å²) in [7, 11) is 2.10. The van der Waals surface area contributed by atoms with Gasteiger partial charge in [0.1, 0.15) is 0 Å². The molecule has 1 amide bonds. The van der Waals surface area contributed by atoms with Crippen LogP contribution in [0.25, 0.3) is 0 Å². The zero-order valence-electron chi connectivity index (χ0n) is 11.3. The molecule has 1 fully saturated rings. The van der Waals surface area contributed by atoms with E-state index in [0.717, 1.165) is 32.7 Å². The van der Waals surface area contributed by atoms with E-state index in [0.29, 0.717) is 6.42 Å². The first-order valence-corrected chi connectivity index (χ1v) is 6.57. The van der Waals surface area contributed by atoms with Gasteiger partial charge in [0.2, 0.25) is 5.91 Å². The number of aryl methyl sites for hydroxylation is 2. The molecule has 2 heterocycles. The molecule has 0 bridgehead atoms. The average molecular weight is 248 g/mol. The minimum atomic E-state index is 0.274. The first-order valence-electron chi connectivity index (χ1n) is 6.57. The topological polar surface area (TPSA) is 27.4 Å². The van der Waals surface area contributed by atoms with Gasteiger partial charge in [-0.3, -0.25) is 4.79 Å². The van der Waals surface area contributed by atoms with Gasteiger partial charge in [0, 0.05) is 38.3 Å². The summed E-state index contributed by atoms with van der Waals surface area (Å²) in [6.45, 7) is 6.56. The van der Waals surface area contributed by atoms with E-state index in [-0.39, 0.29) is 5.91 Å². The normalized spacial score (nSPS) is 16.9. The van der Waals surface area contributed by atoms with Crippen LogP contribution in [0.3, 0.4) is 0 Å². The van der Waals surface area contributed by atoms with E-state index in [4.69, 9.17) is 0 Å². The van der Waals surface area contributed by atoms with Crippen LogP contribution in [-0.2, 0) is 11.3 Å². The first-order chi connectivity index (χ1) is 8.65. The predicted octanol–water partition coefficient (Wildman–Crippen LogP) is 0.447. The predicted molar refractivity (Wildman–Crippen MR) is 70.1 cm³/mol. The fourth-order valence-corrected chi connectivity index (χ4v) is 2.12. The van der Waals surface area contributed by atoms with Crippen molar-refractivity contribution in [3.05, 3.63) is 30.1 Å². The number of nitrogens with zero attached hydrogens (tertiary/aromatic N) is 3. The molecule has 2 rings (SSSR count). The minimum absolute atomic E-state index is 0.274. The van der Waals surface area contributed by atoms with E-state index in [9.17, 15) is 4.79 Å². The smallest absolute Gasteiger partial charge is 0.229 e. The highest BCUT2D eigenvalue weighted by atomic mass is 16.2. The lowest BCUT2D eigenvalue weighted by molar-refractivity contribution is -0.696. The second-order valence-electron chi connectivity index (χ2n) is 5.05. The Morgan fingerprint density at radius 1 is 1.22 bits per heavy atom. The van der Waals surface area contributed by atoms with Crippen LogP contribution in [0, 0.1) is 6.92 Å². The number of aromatic nitrogens is 1. The Bertz CT molecular complexity index is 394. The summed E-state index contributed by atoms with van der Waals surface area (Å²) in [5, 5.41) is 0. The van der Waals surface area contributed by atoms with Crippen molar-refractivity contribution < 1.29 is 9.36 Å². The second kappa shape index (κ2) is 5.96. The minimum Gasteiger partial charge on any atom is -0.340 e. The molecule has 4 nitrogen and oxygen atoms in total. The summed E-state index contributed by atoms with van der Waals surface area (Å²) in [4.78, 5) is 16.3. The molecule has 0 atom stereocenters. The number of pyridine rings is 1. The van der Waals surface area contributed by atoms with Crippen LogP contribution in [0.2, 0.25) is 0 Å². The lowest BCUT2D eigenvalue weighted by atomic mass is 10.2. The van der Waals surface area contributed by atoms with Gasteiger partial charge in [-0.2, -0.15) is 0 Å². The van der Waals surface area contributed by atoms with Crippen LogP contribution in [0.15, 0.2) is 24.5 Å². The van der Waals surface area contributed by atoms with Gasteiger partial charge in [0.25, 0.3) is 0 Å². The molecular weight excluding hydrogens is 226 g/mol. The van der Waals surface area contributed by atoms with Crippen molar-refractivity contribution in [3.8, 4) is 0 Å². The molecule has 1 aliphatic heterocycles. The van der Waals surface area contributed by atoms with Gasteiger partial charge < -0.3 is 9.80 Å². The lowest BCUT2D eigenvalue weighted by Crippen LogP contribution is -2.48. The fourth-order valence-electron chi connectivity index (χ4n) is 2.12. The van der Waals surface area contributed by atoms with Crippen LogP contribution in [-0.4, -0.2) is 48.9 Å².